The highest BCUT2D eigenvalue weighted by Crippen LogP contribution is 2.23. The zero-order valence-electron chi connectivity index (χ0n) is 7.17. The van der Waals surface area contributed by atoms with Gasteiger partial charge in [0.25, 0.3) is 0 Å². The predicted octanol–water partition coefficient (Wildman–Crippen LogP) is 2.41. The van der Waals surface area contributed by atoms with Crippen molar-refractivity contribution in [2.45, 2.75) is 6.92 Å². The fraction of sp³-hybridized carbons (Fsp3) is 0.222. The lowest BCUT2D eigenvalue weighted by Crippen LogP contribution is -2.04. The van der Waals surface area contributed by atoms with Crippen LogP contribution in [0.3, 0.4) is 0 Å². The molecule has 0 bridgehead atoms. The minimum atomic E-state index is 0.00900. The van der Waals surface area contributed by atoms with Gasteiger partial charge in [0.2, 0.25) is 5.90 Å². The van der Waals surface area contributed by atoms with Crippen LogP contribution in [0.15, 0.2) is 18.2 Å². The maximum absolute atomic E-state index is 9.11. The Morgan fingerprint density at radius 3 is 2.85 bits per heavy atom. The Hall–Kier alpha value is -1.22. The lowest BCUT2D eigenvalue weighted by atomic mass is 10.2. The molecular weight excluding hydrogens is 190 g/mol. The molecule has 0 aromatic heterocycles. The first-order valence-electron chi connectivity index (χ1n) is 3.85. The highest BCUT2D eigenvalue weighted by atomic mass is 35.5. The van der Waals surface area contributed by atoms with Crippen LogP contribution in [0.4, 0.5) is 0 Å². The van der Waals surface area contributed by atoms with Crippen LogP contribution in [0.5, 0.6) is 5.75 Å². The molecule has 0 aliphatic heterocycles. The van der Waals surface area contributed by atoms with Crippen LogP contribution >= 0.6 is 11.6 Å². The van der Waals surface area contributed by atoms with E-state index in [1.165, 1.54) is 12.1 Å². The summed E-state index contributed by atoms with van der Waals surface area (Å²) in [6.45, 7) is 2.24. The summed E-state index contributed by atoms with van der Waals surface area (Å²) in [6, 6.07) is 4.51. The molecule has 2 N–H and O–H groups in total. The van der Waals surface area contributed by atoms with Crippen LogP contribution in [0, 0.1) is 5.41 Å². The Morgan fingerprint density at radius 1 is 1.62 bits per heavy atom. The molecule has 4 heteroatoms. The molecule has 3 nitrogen and oxygen atoms in total. The molecule has 0 fully saturated rings. The van der Waals surface area contributed by atoms with Gasteiger partial charge < -0.3 is 9.84 Å². The second-order valence-electron chi connectivity index (χ2n) is 2.43. The van der Waals surface area contributed by atoms with E-state index in [1.54, 1.807) is 13.0 Å². The maximum atomic E-state index is 9.11. The van der Waals surface area contributed by atoms with Gasteiger partial charge in [0.05, 0.1) is 11.6 Å². The van der Waals surface area contributed by atoms with Gasteiger partial charge in [-0.3, -0.25) is 5.41 Å². The molecule has 0 amide bonds. The van der Waals surface area contributed by atoms with Gasteiger partial charge in [-0.15, -0.1) is 0 Å². The van der Waals surface area contributed by atoms with E-state index in [0.29, 0.717) is 12.2 Å². The van der Waals surface area contributed by atoms with Gasteiger partial charge in [-0.05, 0) is 25.1 Å². The van der Waals surface area contributed by atoms with Crippen LogP contribution in [-0.4, -0.2) is 17.6 Å². The van der Waals surface area contributed by atoms with Crippen molar-refractivity contribution in [2.24, 2.45) is 0 Å². The van der Waals surface area contributed by atoms with Gasteiger partial charge in [-0.25, -0.2) is 0 Å². The van der Waals surface area contributed by atoms with Gasteiger partial charge in [-0.2, -0.15) is 0 Å². The van der Waals surface area contributed by atoms with E-state index in [4.69, 9.17) is 26.9 Å². The molecule has 70 valence electrons. The molecule has 1 aromatic rings. The first-order valence-corrected chi connectivity index (χ1v) is 4.23. The number of rotatable bonds is 2. The number of ether oxygens (including phenoxy) is 1. The predicted molar refractivity (Wildman–Crippen MR) is 51.6 cm³/mol. The van der Waals surface area contributed by atoms with Crippen molar-refractivity contribution in [3.05, 3.63) is 28.8 Å². The molecule has 0 heterocycles. The van der Waals surface area contributed by atoms with Crippen LogP contribution in [0.25, 0.3) is 0 Å². The van der Waals surface area contributed by atoms with E-state index in [1.807, 2.05) is 0 Å². The van der Waals surface area contributed by atoms with E-state index in [-0.39, 0.29) is 16.7 Å². The third kappa shape index (κ3) is 2.36. The summed E-state index contributed by atoms with van der Waals surface area (Å²) in [5.41, 5.74) is 0.560. The van der Waals surface area contributed by atoms with Gasteiger partial charge in [0, 0.05) is 5.56 Å². The molecule has 13 heavy (non-hydrogen) atoms. The minimum Gasteiger partial charge on any atom is -0.506 e. The summed E-state index contributed by atoms with van der Waals surface area (Å²) in [5.74, 6) is 0.0686. The molecule has 0 saturated carbocycles. The second kappa shape index (κ2) is 4.14. The Kier molecular flexibility index (Phi) is 3.14. The van der Waals surface area contributed by atoms with E-state index in [9.17, 15) is 0 Å². The smallest absolute Gasteiger partial charge is 0.213 e. The summed E-state index contributed by atoms with van der Waals surface area (Å²) < 4.78 is 4.97. The minimum absolute atomic E-state index is 0.00900. The first kappa shape index (κ1) is 9.86. The molecule has 0 aliphatic carbocycles. The molecule has 1 aromatic carbocycles. The topological polar surface area (TPSA) is 53.3 Å². The number of phenolic OH excluding ortho intramolecular Hbond substituents is 1. The number of halogens is 1. The van der Waals surface area contributed by atoms with Gasteiger partial charge in [0.15, 0.2) is 0 Å². The molecule has 0 spiro atoms. The normalized spacial score (nSPS) is 9.69. The van der Waals surface area contributed by atoms with Crippen molar-refractivity contribution in [3.8, 4) is 5.75 Å². The summed E-state index contributed by atoms with van der Waals surface area (Å²) in [7, 11) is 0. The Bertz CT molecular complexity index is 325. The number of nitrogens with one attached hydrogen (secondary N) is 1. The highest BCUT2D eigenvalue weighted by molar-refractivity contribution is 6.32. The lowest BCUT2D eigenvalue weighted by molar-refractivity contribution is 0.325. The van der Waals surface area contributed by atoms with Crippen molar-refractivity contribution in [1.82, 2.24) is 0 Å². The maximum Gasteiger partial charge on any atom is 0.213 e. The van der Waals surface area contributed by atoms with E-state index in [2.05, 4.69) is 0 Å². The van der Waals surface area contributed by atoms with Crippen molar-refractivity contribution in [2.75, 3.05) is 6.61 Å². The monoisotopic (exact) mass is 199 g/mol. The summed E-state index contributed by atoms with van der Waals surface area (Å²) in [4.78, 5) is 0. The largest absolute Gasteiger partial charge is 0.506 e. The molecule has 1 rings (SSSR count). The first-order chi connectivity index (χ1) is 6.15. The molecule has 0 atom stereocenters. The summed E-state index contributed by atoms with van der Waals surface area (Å²) in [6.07, 6.45) is 0. The number of aromatic hydroxyl groups is 1. The fourth-order valence-electron chi connectivity index (χ4n) is 0.876. The fourth-order valence-corrected chi connectivity index (χ4v) is 1.06. The number of hydrogen-bond donors (Lipinski definition) is 2. The average molecular weight is 200 g/mol. The van der Waals surface area contributed by atoms with Crippen LogP contribution in [-0.2, 0) is 4.74 Å². The zero-order valence-corrected chi connectivity index (χ0v) is 7.93. The molecule has 0 saturated heterocycles. The Labute approximate surface area is 81.4 Å². The Balaban J connectivity index is 2.90. The molecule has 0 aliphatic rings. The third-order valence-electron chi connectivity index (χ3n) is 1.50. The average Bonchev–Trinajstić information content (AvgIpc) is 2.10. The second-order valence-corrected chi connectivity index (χ2v) is 2.84. The quantitative estimate of drug-likeness (QED) is 0.568. The number of phenols is 1. The van der Waals surface area contributed by atoms with E-state index >= 15 is 0 Å². The molecular formula is C9H10ClNO2. The lowest BCUT2D eigenvalue weighted by Gasteiger charge is -2.05. The number of benzene rings is 1. The van der Waals surface area contributed by atoms with Crippen molar-refractivity contribution >= 4 is 17.5 Å². The summed E-state index contributed by atoms with van der Waals surface area (Å²) >= 11 is 5.66. The standard InChI is InChI=1S/C9H10ClNO2/c1-2-13-9(11)6-3-4-8(12)7(10)5-6/h3-5,11-12H,2H2,1H3. The van der Waals surface area contributed by atoms with Gasteiger partial charge >= 0.3 is 0 Å². The highest BCUT2D eigenvalue weighted by Gasteiger charge is 2.04. The van der Waals surface area contributed by atoms with E-state index in [0.717, 1.165) is 0 Å². The van der Waals surface area contributed by atoms with Crippen LogP contribution in [0.2, 0.25) is 5.02 Å². The van der Waals surface area contributed by atoms with Crippen molar-refractivity contribution in [3.63, 3.8) is 0 Å². The van der Waals surface area contributed by atoms with Crippen LogP contribution in [0.1, 0.15) is 12.5 Å². The summed E-state index contributed by atoms with van der Waals surface area (Å²) in [5, 5.41) is 16.8. The zero-order chi connectivity index (χ0) is 9.84. The molecule has 0 radical (unpaired) electrons. The van der Waals surface area contributed by atoms with Crippen molar-refractivity contribution < 1.29 is 9.84 Å². The SMILES string of the molecule is CCOC(=N)c1ccc(O)c(Cl)c1. The third-order valence-corrected chi connectivity index (χ3v) is 1.80. The molecule has 0 unspecified atom stereocenters. The van der Waals surface area contributed by atoms with Crippen molar-refractivity contribution in [1.29, 1.82) is 5.41 Å². The number of hydrogen-bond acceptors (Lipinski definition) is 3. The van der Waals surface area contributed by atoms with Crippen LogP contribution < -0.4 is 0 Å². The van der Waals surface area contributed by atoms with Gasteiger partial charge in [-0.1, -0.05) is 11.6 Å². The van der Waals surface area contributed by atoms with E-state index < -0.39 is 0 Å². The Morgan fingerprint density at radius 2 is 2.31 bits per heavy atom. The van der Waals surface area contributed by atoms with Gasteiger partial charge in [0.1, 0.15) is 5.75 Å².